The summed E-state index contributed by atoms with van der Waals surface area (Å²) in [7, 11) is 1.48. The summed E-state index contributed by atoms with van der Waals surface area (Å²) in [5, 5.41) is 6.65. The smallest absolute Gasteiger partial charge is 0.325 e. The summed E-state index contributed by atoms with van der Waals surface area (Å²) < 4.78 is 32.7. The molecule has 9 nitrogen and oxygen atoms in total. The lowest BCUT2D eigenvalue weighted by Crippen LogP contribution is -2.45. The molecule has 1 heterocycles. The van der Waals surface area contributed by atoms with E-state index in [0.717, 1.165) is 18.2 Å². The Morgan fingerprint density at radius 2 is 1.81 bits per heavy atom. The molecule has 2 aromatic rings. The van der Waals surface area contributed by atoms with Crippen molar-refractivity contribution in [2.45, 2.75) is 12.5 Å². The summed E-state index contributed by atoms with van der Waals surface area (Å²) >= 11 is 0. The second-order valence-corrected chi connectivity index (χ2v) is 6.80. The number of halogens is 2. The number of amides is 6. The first-order valence-corrected chi connectivity index (χ1v) is 8.98. The van der Waals surface area contributed by atoms with Gasteiger partial charge in [-0.3, -0.25) is 19.8 Å². The third-order valence-corrected chi connectivity index (χ3v) is 4.64. The Labute approximate surface area is 175 Å². The standard InChI is InChI=1S/C20H18F2N4O5/c1-20(14-9-11(21)3-8-15(14)22)17(28)26(19(30)25-20)10-16(27)24-18(29)23-12-4-6-13(31-2)7-5-12/h3-9H,10H2,1-2H3,(H,25,30)(H2,23,24,27,29). The van der Waals surface area contributed by atoms with Gasteiger partial charge in [-0.25, -0.2) is 18.4 Å². The van der Waals surface area contributed by atoms with Crippen LogP contribution < -0.4 is 20.7 Å². The summed E-state index contributed by atoms with van der Waals surface area (Å²) in [5.41, 5.74) is -1.92. The van der Waals surface area contributed by atoms with Crippen molar-refractivity contribution in [2.24, 2.45) is 0 Å². The molecule has 0 bridgehead atoms. The molecular formula is C20H18F2N4O5. The molecule has 3 rings (SSSR count). The van der Waals surface area contributed by atoms with Crippen LogP contribution in [0.15, 0.2) is 42.5 Å². The van der Waals surface area contributed by atoms with E-state index in [-0.39, 0.29) is 5.56 Å². The third-order valence-electron chi connectivity index (χ3n) is 4.64. The number of imide groups is 2. The monoisotopic (exact) mass is 432 g/mol. The van der Waals surface area contributed by atoms with E-state index in [2.05, 4.69) is 10.6 Å². The summed E-state index contributed by atoms with van der Waals surface area (Å²) in [6.45, 7) is 0.395. The molecule has 3 N–H and O–H groups in total. The Balaban J connectivity index is 1.65. The SMILES string of the molecule is COc1ccc(NC(=O)NC(=O)CN2C(=O)NC(C)(c3cc(F)ccc3F)C2=O)cc1. The van der Waals surface area contributed by atoms with Gasteiger partial charge in [0, 0.05) is 11.3 Å². The van der Waals surface area contributed by atoms with Gasteiger partial charge in [0.05, 0.1) is 7.11 Å². The highest BCUT2D eigenvalue weighted by Crippen LogP contribution is 2.31. The van der Waals surface area contributed by atoms with Gasteiger partial charge in [0.2, 0.25) is 5.91 Å². The first-order valence-electron chi connectivity index (χ1n) is 8.98. The zero-order chi connectivity index (χ0) is 22.8. The van der Waals surface area contributed by atoms with Crippen LogP contribution in [0.5, 0.6) is 5.75 Å². The molecule has 31 heavy (non-hydrogen) atoms. The van der Waals surface area contributed by atoms with Crippen LogP contribution in [-0.2, 0) is 15.1 Å². The summed E-state index contributed by atoms with van der Waals surface area (Å²) in [5.74, 6) is -3.06. The zero-order valence-electron chi connectivity index (χ0n) is 16.5. The largest absolute Gasteiger partial charge is 0.497 e. The number of anilines is 1. The van der Waals surface area contributed by atoms with Gasteiger partial charge < -0.3 is 15.4 Å². The predicted molar refractivity (Wildman–Crippen MR) is 104 cm³/mol. The minimum atomic E-state index is -1.91. The van der Waals surface area contributed by atoms with Crippen LogP contribution >= 0.6 is 0 Å². The molecular weight excluding hydrogens is 414 g/mol. The van der Waals surface area contributed by atoms with Crippen molar-refractivity contribution in [3.8, 4) is 5.75 Å². The Morgan fingerprint density at radius 1 is 1.13 bits per heavy atom. The van der Waals surface area contributed by atoms with Gasteiger partial charge in [-0.2, -0.15) is 0 Å². The minimum absolute atomic E-state index is 0.371. The van der Waals surface area contributed by atoms with Gasteiger partial charge in [-0.1, -0.05) is 0 Å². The Bertz CT molecular complexity index is 1060. The fraction of sp³-hybridized carbons (Fsp3) is 0.200. The van der Waals surface area contributed by atoms with Gasteiger partial charge >= 0.3 is 12.1 Å². The first kappa shape index (κ1) is 21.7. The van der Waals surface area contributed by atoms with Gasteiger partial charge in [0.1, 0.15) is 29.5 Å². The van der Waals surface area contributed by atoms with E-state index in [1.165, 1.54) is 14.0 Å². The highest BCUT2D eigenvalue weighted by atomic mass is 19.1. The van der Waals surface area contributed by atoms with Crippen molar-refractivity contribution in [1.29, 1.82) is 0 Å². The maximum atomic E-state index is 14.2. The van der Waals surface area contributed by atoms with Crippen molar-refractivity contribution < 1.29 is 32.7 Å². The number of nitrogens with zero attached hydrogens (tertiary/aromatic N) is 1. The van der Waals surface area contributed by atoms with Crippen LogP contribution in [0.2, 0.25) is 0 Å². The molecule has 0 aliphatic carbocycles. The molecule has 0 aromatic heterocycles. The number of carbonyl (C=O) groups excluding carboxylic acids is 4. The molecule has 1 fully saturated rings. The first-order chi connectivity index (χ1) is 14.6. The third kappa shape index (κ3) is 4.44. The second-order valence-electron chi connectivity index (χ2n) is 6.80. The zero-order valence-corrected chi connectivity index (χ0v) is 16.5. The number of methoxy groups -OCH3 is 1. The lowest BCUT2D eigenvalue weighted by molar-refractivity contribution is -0.134. The summed E-state index contributed by atoms with van der Waals surface area (Å²) in [4.78, 5) is 49.6. The molecule has 1 unspecified atom stereocenters. The van der Waals surface area contributed by atoms with E-state index in [0.29, 0.717) is 16.3 Å². The van der Waals surface area contributed by atoms with Crippen LogP contribution in [0.25, 0.3) is 0 Å². The molecule has 0 radical (unpaired) electrons. The van der Waals surface area contributed by atoms with Crippen LogP contribution in [-0.4, -0.2) is 42.4 Å². The molecule has 6 amide bonds. The average Bonchev–Trinajstić information content (AvgIpc) is 2.94. The van der Waals surface area contributed by atoms with Crippen LogP contribution in [0.4, 0.5) is 24.1 Å². The van der Waals surface area contributed by atoms with Crippen LogP contribution in [0.3, 0.4) is 0 Å². The number of hydrogen-bond acceptors (Lipinski definition) is 5. The number of hydrogen-bond donors (Lipinski definition) is 3. The van der Waals surface area contributed by atoms with E-state index in [1.54, 1.807) is 24.3 Å². The van der Waals surface area contributed by atoms with Crippen LogP contribution in [0.1, 0.15) is 12.5 Å². The highest BCUT2D eigenvalue weighted by Gasteiger charge is 2.50. The van der Waals surface area contributed by atoms with Crippen molar-refractivity contribution in [1.82, 2.24) is 15.5 Å². The van der Waals surface area contributed by atoms with Gasteiger partial charge in [0.25, 0.3) is 5.91 Å². The lowest BCUT2D eigenvalue weighted by Gasteiger charge is -2.22. The fourth-order valence-corrected chi connectivity index (χ4v) is 3.05. The quantitative estimate of drug-likeness (QED) is 0.626. The molecule has 2 aromatic carbocycles. The summed E-state index contributed by atoms with van der Waals surface area (Å²) in [6.07, 6.45) is 0. The molecule has 1 saturated heterocycles. The average molecular weight is 432 g/mol. The molecule has 1 aliphatic rings. The maximum Gasteiger partial charge on any atom is 0.325 e. The Kier molecular flexibility index (Phi) is 5.86. The van der Waals surface area contributed by atoms with E-state index in [4.69, 9.17) is 4.74 Å². The minimum Gasteiger partial charge on any atom is -0.497 e. The highest BCUT2D eigenvalue weighted by molar-refractivity contribution is 6.10. The molecule has 1 atom stereocenters. The van der Waals surface area contributed by atoms with Gasteiger partial charge in [-0.15, -0.1) is 0 Å². The molecule has 11 heteroatoms. The van der Waals surface area contributed by atoms with E-state index < -0.39 is 47.6 Å². The van der Waals surface area contributed by atoms with E-state index in [1.807, 2.05) is 5.32 Å². The second kappa shape index (κ2) is 8.38. The number of nitrogens with one attached hydrogen (secondary N) is 3. The summed E-state index contributed by atoms with van der Waals surface area (Å²) in [6, 6.07) is 6.89. The number of urea groups is 2. The molecule has 162 valence electrons. The van der Waals surface area contributed by atoms with Gasteiger partial charge in [0.15, 0.2) is 0 Å². The van der Waals surface area contributed by atoms with Crippen molar-refractivity contribution in [3.05, 3.63) is 59.7 Å². The number of ether oxygens (including phenoxy) is 1. The number of carbonyl (C=O) groups is 4. The lowest BCUT2D eigenvalue weighted by atomic mass is 9.91. The van der Waals surface area contributed by atoms with Crippen molar-refractivity contribution in [3.63, 3.8) is 0 Å². The predicted octanol–water partition coefficient (Wildman–Crippen LogP) is 2.09. The van der Waals surface area contributed by atoms with Crippen molar-refractivity contribution in [2.75, 3.05) is 19.0 Å². The van der Waals surface area contributed by atoms with E-state index >= 15 is 0 Å². The van der Waals surface area contributed by atoms with Crippen LogP contribution in [0, 0.1) is 11.6 Å². The number of benzene rings is 2. The maximum absolute atomic E-state index is 14.2. The Hall–Kier alpha value is -4.02. The fourth-order valence-electron chi connectivity index (χ4n) is 3.05. The van der Waals surface area contributed by atoms with Gasteiger partial charge in [-0.05, 0) is 49.4 Å². The topological polar surface area (TPSA) is 117 Å². The van der Waals surface area contributed by atoms with Crippen molar-refractivity contribution >= 4 is 29.6 Å². The molecule has 0 spiro atoms. The molecule has 1 aliphatic heterocycles. The number of rotatable bonds is 5. The normalized spacial score (nSPS) is 17.9. The molecule has 0 saturated carbocycles. The van der Waals surface area contributed by atoms with E-state index in [9.17, 15) is 28.0 Å². The Morgan fingerprint density at radius 3 is 2.45 bits per heavy atom.